The molecule has 0 spiro atoms. The van der Waals surface area contributed by atoms with Crippen LogP contribution >= 0.6 is 0 Å². The molecule has 1 aromatic carbocycles. The summed E-state index contributed by atoms with van der Waals surface area (Å²) in [5.41, 5.74) is 2.30. The van der Waals surface area contributed by atoms with Gasteiger partial charge in [-0.05, 0) is 43.8 Å². The van der Waals surface area contributed by atoms with Gasteiger partial charge in [0.05, 0.1) is 10.6 Å². The molecule has 0 atom stereocenters. The molecule has 1 saturated heterocycles. The molecule has 0 radical (unpaired) electrons. The van der Waals surface area contributed by atoms with E-state index in [0.717, 1.165) is 5.56 Å². The van der Waals surface area contributed by atoms with Crippen LogP contribution in [0.25, 0.3) is 5.65 Å². The van der Waals surface area contributed by atoms with Crippen molar-refractivity contribution in [1.82, 2.24) is 23.9 Å². The van der Waals surface area contributed by atoms with Crippen LogP contribution in [0.5, 0.6) is 0 Å². The lowest BCUT2D eigenvalue weighted by molar-refractivity contribution is 0.0626. The highest BCUT2D eigenvalue weighted by molar-refractivity contribution is 7.89. The van der Waals surface area contributed by atoms with Gasteiger partial charge in [-0.3, -0.25) is 18.9 Å². The first kappa shape index (κ1) is 22.1. The number of aryl methyl sites for hydroxylation is 1. The summed E-state index contributed by atoms with van der Waals surface area (Å²) < 4.78 is 28.0. The summed E-state index contributed by atoms with van der Waals surface area (Å²) in [5, 5.41) is 0. The number of carbonyl (C=O) groups is 1. The second kappa shape index (κ2) is 8.81. The topological polar surface area (TPSA) is 104 Å². The molecule has 0 unspecified atom stereocenters. The molecular weight excluding hydrogens is 430 g/mol. The number of sulfonamides is 1. The van der Waals surface area contributed by atoms with E-state index in [1.54, 1.807) is 42.3 Å². The third-order valence-electron chi connectivity index (χ3n) is 5.69. The van der Waals surface area contributed by atoms with E-state index < -0.39 is 10.0 Å². The predicted molar refractivity (Wildman–Crippen MR) is 120 cm³/mol. The molecule has 1 fully saturated rings. The van der Waals surface area contributed by atoms with Gasteiger partial charge in [-0.1, -0.05) is 12.1 Å². The van der Waals surface area contributed by atoms with E-state index in [4.69, 9.17) is 0 Å². The summed E-state index contributed by atoms with van der Waals surface area (Å²) in [6, 6.07) is 11.6. The standard InChI is InChI=1S/C22H25N5O4S/c1-16-6-7-18(32(30,31)23-2)14-19(16)22(29)26-11-9-25(10-12-26)15-17-13-21(28)27-8-4-3-5-20(27)24-17/h3-8,13-14,23H,9-12,15H2,1-2H3. The summed E-state index contributed by atoms with van der Waals surface area (Å²) in [7, 11) is -2.29. The Morgan fingerprint density at radius 2 is 1.84 bits per heavy atom. The fourth-order valence-electron chi connectivity index (χ4n) is 3.81. The monoisotopic (exact) mass is 455 g/mol. The summed E-state index contributed by atoms with van der Waals surface area (Å²) in [5.74, 6) is -0.183. The summed E-state index contributed by atoms with van der Waals surface area (Å²) >= 11 is 0. The highest BCUT2D eigenvalue weighted by Gasteiger charge is 2.25. The van der Waals surface area contributed by atoms with Gasteiger partial charge in [0, 0.05) is 50.6 Å². The molecule has 1 amide bonds. The number of nitrogens with zero attached hydrogens (tertiary/aromatic N) is 4. The average molecular weight is 456 g/mol. The molecule has 32 heavy (non-hydrogen) atoms. The van der Waals surface area contributed by atoms with Gasteiger partial charge in [0.2, 0.25) is 10.0 Å². The van der Waals surface area contributed by atoms with E-state index in [0.29, 0.717) is 49.6 Å². The maximum atomic E-state index is 13.1. The second-order valence-electron chi connectivity index (χ2n) is 7.77. The minimum Gasteiger partial charge on any atom is -0.336 e. The number of hydrogen-bond acceptors (Lipinski definition) is 6. The van der Waals surface area contributed by atoms with E-state index in [1.807, 2.05) is 6.07 Å². The molecule has 0 aliphatic carbocycles. The van der Waals surface area contributed by atoms with Crippen molar-refractivity contribution in [2.24, 2.45) is 0 Å². The molecular formula is C22H25N5O4S. The van der Waals surface area contributed by atoms with Gasteiger partial charge < -0.3 is 4.90 Å². The normalized spacial score (nSPS) is 15.2. The Hall–Kier alpha value is -3.08. The fourth-order valence-corrected chi connectivity index (χ4v) is 4.56. The number of pyridine rings is 1. The molecule has 10 heteroatoms. The van der Waals surface area contributed by atoms with E-state index >= 15 is 0 Å². The molecule has 0 bridgehead atoms. The number of piperazine rings is 1. The molecule has 1 N–H and O–H groups in total. The van der Waals surface area contributed by atoms with Crippen molar-refractivity contribution >= 4 is 21.6 Å². The number of aromatic nitrogens is 2. The van der Waals surface area contributed by atoms with Crippen molar-refractivity contribution in [3.8, 4) is 0 Å². The fraction of sp³-hybridized carbons (Fsp3) is 0.318. The van der Waals surface area contributed by atoms with Gasteiger partial charge >= 0.3 is 0 Å². The smallest absolute Gasteiger partial charge is 0.258 e. The zero-order valence-electron chi connectivity index (χ0n) is 18.0. The van der Waals surface area contributed by atoms with Crippen molar-refractivity contribution in [3.05, 3.63) is 75.8 Å². The number of carbonyl (C=O) groups excluding carboxylic acids is 1. The second-order valence-corrected chi connectivity index (χ2v) is 9.65. The minimum atomic E-state index is -3.63. The Kier molecular flexibility index (Phi) is 6.09. The lowest BCUT2D eigenvalue weighted by atomic mass is 10.1. The van der Waals surface area contributed by atoms with Crippen molar-refractivity contribution in [2.45, 2.75) is 18.4 Å². The van der Waals surface area contributed by atoms with Crippen molar-refractivity contribution < 1.29 is 13.2 Å². The van der Waals surface area contributed by atoms with E-state index in [9.17, 15) is 18.0 Å². The van der Waals surface area contributed by atoms with Crippen LogP contribution in [-0.2, 0) is 16.6 Å². The van der Waals surface area contributed by atoms with Crippen LogP contribution in [-0.4, -0.2) is 66.7 Å². The van der Waals surface area contributed by atoms with Crippen LogP contribution in [0.2, 0.25) is 0 Å². The quantitative estimate of drug-likeness (QED) is 0.612. The maximum absolute atomic E-state index is 13.1. The molecule has 2 aromatic heterocycles. The Morgan fingerprint density at radius 1 is 1.09 bits per heavy atom. The largest absolute Gasteiger partial charge is 0.336 e. The van der Waals surface area contributed by atoms with E-state index in [-0.39, 0.29) is 16.4 Å². The van der Waals surface area contributed by atoms with E-state index in [2.05, 4.69) is 14.6 Å². The van der Waals surface area contributed by atoms with Crippen LogP contribution in [0.1, 0.15) is 21.6 Å². The number of amides is 1. The number of benzene rings is 1. The van der Waals surface area contributed by atoms with Crippen LogP contribution in [0.15, 0.2) is 58.4 Å². The Balaban J connectivity index is 1.45. The highest BCUT2D eigenvalue weighted by atomic mass is 32.2. The van der Waals surface area contributed by atoms with Gasteiger partial charge in [0.1, 0.15) is 5.65 Å². The van der Waals surface area contributed by atoms with Crippen LogP contribution < -0.4 is 10.3 Å². The zero-order valence-corrected chi connectivity index (χ0v) is 18.8. The van der Waals surface area contributed by atoms with Crippen molar-refractivity contribution in [1.29, 1.82) is 0 Å². The van der Waals surface area contributed by atoms with Gasteiger partial charge in [0.25, 0.3) is 11.5 Å². The van der Waals surface area contributed by atoms with Gasteiger partial charge in [0.15, 0.2) is 0 Å². The first-order valence-corrected chi connectivity index (χ1v) is 11.8. The predicted octanol–water partition coefficient (Wildman–Crippen LogP) is 0.869. The van der Waals surface area contributed by atoms with Gasteiger partial charge in [-0.15, -0.1) is 0 Å². The van der Waals surface area contributed by atoms with Gasteiger partial charge in [-0.2, -0.15) is 0 Å². The highest BCUT2D eigenvalue weighted by Crippen LogP contribution is 2.18. The average Bonchev–Trinajstić information content (AvgIpc) is 2.79. The molecule has 9 nitrogen and oxygen atoms in total. The number of fused-ring (bicyclic) bond motifs is 1. The number of hydrogen-bond donors (Lipinski definition) is 1. The van der Waals surface area contributed by atoms with E-state index in [1.165, 1.54) is 23.6 Å². The van der Waals surface area contributed by atoms with Crippen LogP contribution in [0, 0.1) is 6.92 Å². The lowest BCUT2D eigenvalue weighted by Gasteiger charge is -2.34. The Labute approximate surface area is 186 Å². The van der Waals surface area contributed by atoms with Gasteiger partial charge in [-0.25, -0.2) is 18.1 Å². The van der Waals surface area contributed by atoms with Crippen molar-refractivity contribution in [3.63, 3.8) is 0 Å². The molecule has 3 aromatic rings. The number of rotatable bonds is 5. The summed E-state index contributed by atoms with van der Waals surface area (Å²) in [6.45, 7) is 4.60. The Morgan fingerprint density at radius 3 is 2.56 bits per heavy atom. The SMILES string of the molecule is CNS(=O)(=O)c1ccc(C)c(C(=O)N2CCN(Cc3cc(=O)n4ccccc4n3)CC2)c1. The Bertz CT molecular complexity index is 1330. The molecule has 3 heterocycles. The third-order valence-corrected chi connectivity index (χ3v) is 7.10. The zero-order chi connectivity index (χ0) is 22.9. The maximum Gasteiger partial charge on any atom is 0.258 e. The van der Waals surface area contributed by atoms with Crippen molar-refractivity contribution in [2.75, 3.05) is 33.2 Å². The van der Waals surface area contributed by atoms with Crippen LogP contribution in [0.3, 0.4) is 0 Å². The molecule has 4 rings (SSSR count). The summed E-state index contributed by atoms with van der Waals surface area (Å²) in [6.07, 6.45) is 1.69. The summed E-state index contributed by atoms with van der Waals surface area (Å²) in [4.78, 5) is 33.9. The lowest BCUT2D eigenvalue weighted by Crippen LogP contribution is -2.48. The third kappa shape index (κ3) is 4.43. The molecule has 1 aliphatic heterocycles. The van der Waals surface area contributed by atoms with Crippen LogP contribution in [0.4, 0.5) is 0 Å². The molecule has 1 aliphatic rings. The first-order valence-electron chi connectivity index (χ1n) is 10.3. The first-order chi connectivity index (χ1) is 15.3. The minimum absolute atomic E-state index is 0.0706. The number of nitrogens with one attached hydrogen (secondary N) is 1. The molecule has 0 saturated carbocycles. The molecule has 168 valence electrons.